The molecule has 1 aromatic rings. The maximum absolute atomic E-state index is 5.92. The summed E-state index contributed by atoms with van der Waals surface area (Å²) in [7, 11) is 1.57. The fourth-order valence-corrected chi connectivity index (χ4v) is 1.44. The first-order valence-corrected chi connectivity index (χ1v) is 4.22. The average Bonchev–Trinajstić information content (AvgIpc) is 2.12. The molecule has 0 saturated heterocycles. The highest BCUT2D eigenvalue weighted by atomic mass is 35.5. The number of rotatable bonds is 3. The number of nitrogens with two attached hydrogens (primary N) is 1. The molecule has 0 amide bonds. The number of hydrogen-bond donors (Lipinski definition) is 1. The summed E-state index contributed by atoms with van der Waals surface area (Å²) in [5.74, 6) is 5.64. The van der Waals surface area contributed by atoms with Gasteiger partial charge < -0.3 is 4.74 Å². The van der Waals surface area contributed by atoms with Crippen LogP contribution < -0.4 is 10.6 Å². The second kappa shape index (κ2) is 4.46. The molecular weight excluding hydrogens is 190 g/mol. The van der Waals surface area contributed by atoms with E-state index in [2.05, 4.69) is 4.84 Å². The molecule has 0 fully saturated rings. The van der Waals surface area contributed by atoms with Crippen molar-refractivity contribution in [1.82, 2.24) is 0 Å². The molecule has 1 rings (SSSR count). The van der Waals surface area contributed by atoms with Crippen molar-refractivity contribution in [1.29, 1.82) is 0 Å². The van der Waals surface area contributed by atoms with Crippen molar-refractivity contribution in [2.24, 2.45) is 5.90 Å². The minimum Gasteiger partial charge on any atom is -0.495 e. The molecule has 0 unspecified atom stereocenters. The van der Waals surface area contributed by atoms with Gasteiger partial charge in [-0.1, -0.05) is 17.7 Å². The molecule has 0 bridgehead atoms. The van der Waals surface area contributed by atoms with Crippen LogP contribution in [0.25, 0.3) is 0 Å². The number of methoxy groups -OCH3 is 1. The summed E-state index contributed by atoms with van der Waals surface area (Å²) in [5.41, 5.74) is 1.93. The van der Waals surface area contributed by atoms with Gasteiger partial charge in [-0.3, -0.25) is 4.84 Å². The number of aryl methyl sites for hydroxylation is 1. The van der Waals surface area contributed by atoms with Gasteiger partial charge in [0, 0.05) is 5.56 Å². The van der Waals surface area contributed by atoms with Crippen molar-refractivity contribution in [3.05, 3.63) is 28.3 Å². The van der Waals surface area contributed by atoms with Gasteiger partial charge in [0.25, 0.3) is 0 Å². The van der Waals surface area contributed by atoms with Crippen LogP contribution in [-0.4, -0.2) is 7.11 Å². The van der Waals surface area contributed by atoms with E-state index in [1.807, 2.05) is 13.0 Å². The molecule has 4 heteroatoms. The summed E-state index contributed by atoms with van der Waals surface area (Å²) >= 11 is 5.92. The van der Waals surface area contributed by atoms with E-state index < -0.39 is 0 Å². The Morgan fingerprint density at radius 3 is 2.69 bits per heavy atom. The van der Waals surface area contributed by atoms with E-state index in [4.69, 9.17) is 22.2 Å². The zero-order valence-electron chi connectivity index (χ0n) is 7.63. The lowest BCUT2D eigenvalue weighted by Crippen LogP contribution is -2.03. The minimum absolute atomic E-state index is 0.301. The standard InChI is InChI=1S/C9H12ClNO2/c1-6-3-4-8(10)9(12-2)7(6)5-13-11/h3-4H,5,11H2,1-2H3. The van der Waals surface area contributed by atoms with Crippen LogP contribution in [0.5, 0.6) is 5.75 Å². The summed E-state index contributed by atoms with van der Waals surface area (Å²) < 4.78 is 5.14. The van der Waals surface area contributed by atoms with E-state index >= 15 is 0 Å². The third-order valence-corrected chi connectivity index (χ3v) is 2.18. The largest absolute Gasteiger partial charge is 0.495 e. The number of halogens is 1. The Bertz CT molecular complexity index is 302. The number of hydrogen-bond acceptors (Lipinski definition) is 3. The summed E-state index contributed by atoms with van der Waals surface area (Å²) in [6.45, 7) is 2.25. The predicted molar refractivity (Wildman–Crippen MR) is 51.7 cm³/mol. The maximum atomic E-state index is 5.92. The Kier molecular flexibility index (Phi) is 3.54. The van der Waals surface area contributed by atoms with E-state index in [-0.39, 0.29) is 0 Å². The third kappa shape index (κ3) is 2.12. The smallest absolute Gasteiger partial charge is 0.143 e. The van der Waals surface area contributed by atoms with Gasteiger partial charge in [-0.15, -0.1) is 0 Å². The molecular formula is C9H12ClNO2. The monoisotopic (exact) mass is 201 g/mol. The van der Waals surface area contributed by atoms with E-state index in [1.54, 1.807) is 13.2 Å². The van der Waals surface area contributed by atoms with Gasteiger partial charge >= 0.3 is 0 Å². The normalized spacial score (nSPS) is 10.2. The second-order valence-electron chi connectivity index (χ2n) is 2.69. The Morgan fingerprint density at radius 2 is 2.15 bits per heavy atom. The predicted octanol–water partition coefficient (Wildman–Crippen LogP) is 2.05. The van der Waals surface area contributed by atoms with Crippen LogP contribution in [-0.2, 0) is 11.4 Å². The lowest BCUT2D eigenvalue weighted by atomic mass is 10.1. The molecule has 0 aliphatic rings. The topological polar surface area (TPSA) is 44.5 Å². The first kappa shape index (κ1) is 10.3. The molecule has 0 radical (unpaired) electrons. The van der Waals surface area contributed by atoms with E-state index in [1.165, 1.54) is 0 Å². The molecule has 0 aromatic heterocycles. The lowest BCUT2D eigenvalue weighted by Gasteiger charge is -2.11. The van der Waals surface area contributed by atoms with Crippen LogP contribution >= 0.6 is 11.6 Å². The van der Waals surface area contributed by atoms with Gasteiger partial charge in [-0.2, -0.15) is 0 Å². The van der Waals surface area contributed by atoms with Crippen molar-refractivity contribution < 1.29 is 9.57 Å². The Hall–Kier alpha value is -0.770. The molecule has 3 nitrogen and oxygen atoms in total. The molecule has 1 aromatic carbocycles. The fourth-order valence-electron chi connectivity index (χ4n) is 1.18. The molecule has 72 valence electrons. The van der Waals surface area contributed by atoms with Crippen LogP contribution in [0.15, 0.2) is 12.1 Å². The summed E-state index contributed by atoms with van der Waals surface area (Å²) in [5, 5.41) is 0.570. The molecule has 0 aliphatic heterocycles. The fraction of sp³-hybridized carbons (Fsp3) is 0.333. The molecule has 0 saturated carbocycles. The van der Waals surface area contributed by atoms with Crippen molar-refractivity contribution in [3.8, 4) is 5.75 Å². The van der Waals surface area contributed by atoms with Crippen LogP contribution in [0.3, 0.4) is 0 Å². The molecule has 0 aliphatic carbocycles. The Morgan fingerprint density at radius 1 is 1.46 bits per heavy atom. The zero-order chi connectivity index (χ0) is 9.84. The first-order chi connectivity index (χ1) is 6.20. The van der Waals surface area contributed by atoms with Crippen molar-refractivity contribution in [2.75, 3.05) is 7.11 Å². The van der Waals surface area contributed by atoms with Gasteiger partial charge in [0.05, 0.1) is 18.7 Å². The molecule has 2 N–H and O–H groups in total. The number of benzene rings is 1. The van der Waals surface area contributed by atoms with Crippen LogP contribution in [0, 0.1) is 6.92 Å². The van der Waals surface area contributed by atoms with Gasteiger partial charge in [-0.25, -0.2) is 5.90 Å². The highest BCUT2D eigenvalue weighted by Crippen LogP contribution is 2.31. The number of ether oxygens (including phenoxy) is 1. The molecule has 0 atom stereocenters. The zero-order valence-corrected chi connectivity index (χ0v) is 8.39. The van der Waals surface area contributed by atoms with Crippen molar-refractivity contribution in [2.45, 2.75) is 13.5 Å². The quantitative estimate of drug-likeness (QED) is 0.762. The molecule has 13 heavy (non-hydrogen) atoms. The van der Waals surface area contributed by atoms with E-state index in [0.717, 1.165) is 11.1 Å². The highest BCUT2D eigenvalue weighted by Gasteiger charge is 2.10. The Balaban J connectivity index is 3.18. The van der Waals surface area contributed by atoms with E-state index in [0.29, 0.717) is 17.4 Å². The minimum atomic E-state index is 0.301. The van der Waals surface area contributed by atoms with E-state index in [9.17, 15) is 0 Å². The molecule has 0 spiro atoms. The SMILES string of the molecule is COc1c(Cl)ccc(C)c1CON. The third-order valence-electron chi connectivity index (χ3n) is 1.88. The summed E-state index contributed by atoms with van der Waals surface area (Å²) in [6, 6.07) is 3.69. The van der Waals surface area contributed by atoms with Crippen LogP contribution in [0.4, 0.5) is 0 Å². The maximum Gasteiger partial charge on any atom is 0.143 e. The van der Waals surface area contributed by atoms with Crippen LogP contribution in [0.1, 0.15) is 11.1 Å². The lowest BCUT2D eigenvalue weighted by molar-refractivity contribution is 0.121. The summed E-state index contributed by atoms with van der Waals surface area (Å²) in [4.78, 5) is 4.57. The van der Waals surface area contributed by atoms with Gasteiger partial charge in [0.2, 0.25) is 0 Å². The average molecular weight is 202 g/mol. The highest BCUT2D eigenvalue weighted by molar-refractivity contribution is 6.32. The summed E-state index contributed by atoms with van der Waals surface area (Å²) in [6.07, 6.45) is 0. The van der Waals surface area contributed by atoms with Crippen molar-refractivity contribution >= 4 is 11.6 Å². The van der Waals surface area contributed by atoms with Crippen molar-refractivity contribution in [3.63, 3.8) is 0 Å². The van der Waals surface area contributed by atoms with Gasteiger partial charge in [0.1, 0.15) is 5.75 Å². The Labute approximate surface area is 82.4 Å². The second-order valence-corrected chi connectivity index (χ2v) is 3.09. The molecule has 0 heterocycles. The van der Waals surface area contributed by atoms with Gasteiger partial charge in [0.15, 0.2) is 0 Å². The first-order valence-electron chi connectivity index (χ1n) is 3.84. The van der Waals surface area contributed by atoms with Gasteiger partial charge in [-0.05, 0) is 18.6 Å². The van der Waals surface area contributed by atoms with Crippen LogP contribution in [0.2, 0.25) is 5.02 Å².